The molecule has 0 aliphatic heterocycles. The molecule has 10 heavy (non-hydrogen) atoms. The summed E-state index contributed by atoms with van der Waals surface area (Å²) in [4.78, 5) is 10.5. The predicted octanol–water partition coefficient (Wildman–Crippen LogP) is 0.673. The molecule has 0 saturated heterocycles. The molecule has 0 heterocycles. The largest absolute Gasteiger partial charge is 0.464 e. The Morgan fingerprint density at radius 3 is 3.00 bits per heavy atom. The quantitative estimate of drug-likeness (QED) is 0.454. The Labute approximate surface area is 61.1 Å². The molecule has 0 unspecified atom stereocenters. The number of hydrogen-bond donors (Lipinski definition) is 1. The lowest BCUT2D eigenvalue weighted by molar-refractivity contribution is -0.143. The molecule has 0 aromatic rings. The molecule has 3 nitrogen and oxygen atoms in total. The lowest BCUT2D eigenvalue weighted by Crippen LogP contribution is -2.15. The van der Waals surface area contributed by atoms with E-state index >= 15 is 0 Å². The van der Waals surface area contributed by atoms with Crippen molar-refractivity contribution in [1.29, 1.82) is 0 Å². The summed E-state index contributed by atoms with van der Waals surface area (Å²) < 4.78 is 4.74. The summed E-state index contributed by atoms with van der Waals surface area (Å²) >= 11 is 0. The maximum atomic E-state index is 10.5. The summed E-state index contributed by atoms with van der Waals surface area (Å²) in [7, 11) is 0. The van der Waals surface area contributed by atoms with Gasteiger partial charge in [-0.1, -0.05) is 13.5 Å². The molecule has 0 rings (SSSR count). The fourth-order valence-electron chi connectivity index (χ4n) is 0.428. The first-order valence-corrected chi connectivity index (χ1v) is 3.31. The highest BCUT2D eigenvalue weighted by molar-refractivity contribution is 5.68. The van der Waals surface area contributed by atoms with E-state index in [-0.39, 0.29) is 5.97 Å². The second-order valence-corrected chi connectivity index (χ2v) is 1.73. The van der Waals surface area contributed by atoms with Gasteiger partial charge in [0.05, 0.1) is 0 Å². The molecule has 0 amide bonds. The van der Waals surface area contributed by atoms with E-state index in [4.69, 9.17) is 4.74 Å². The molecule has 0 atom stereocenters. The van der Waals surface area contributed by atoms with Crippen LogP contribution in [-0.2, 0) is 9.53 Å². The third-order valence-electron chi connectivity index (χ3n) is 0.942. The topological polar surface area (TPSA) is 38.3 Å². The number of ether oxygens (including phenoxy) is 1. The molecule has 0 aliphatic rings. The fraction of sp³-hybridized carbons (Fsp3) is 0.571. The van der Waals surface area contributed by atoms with Crippen LogP contribution in [0.1, 0.15) is 13.3 Å². The van der Waals surface area contributed by atoms with Crippen LogP contribution in [0.2, 0.25) is 0 Å². The fourth-order valence-corrected chi connectivity index (χ4v) is 0.428. The Bertz CT molecular complexity index is 112. The van der Waals surface area contributed by atoms with Crippen LogP contribution in [0, 0.1) is 0 Å². The third-order valence-corrected chi connectivity index (χ3v) is 0.942. The van der Waals surface area contributed by atoms with Crippen LogP contribution in [0.4, 0.5) is 0 Å². The molecule has 3 heteroatoms. The minimum atomic E-state index is -0.161. The van der Waals surface area contributed by atoms with Gasteiger partial charge >= 0.3 is 5.97 Å². The zero-order valence-electron chi connectivity index (χ0n) is 6.22. The van der Waals surface area contributed by atoms with E-state index in [0.29, 0.717) is 19.6 Å². The van der Waals surface area contributed by atoms with Crippen LogP contribution in [-0.4, -0.2) is 19.1 Å². The van der Waals surface area contributed by atoms with Crippen LogP contribution in [0.25, 0.3) is 0 Å². The van der Waals surface area contributed by atoms with Crippen molar-refractivity contribution >= 4 is 5.97 Å². The Morgan fingerprint density at radius 1 is 1.80 bits per heavy atom. The number of nitrogens with one attached hydrogen (secondary N) is 1. The summed E-state index contributed by atoms with van der Waals surface area (Å²) in [5, 5.41) is 2.81. The first-order chi connectivity index (χ1) is 4.81. The number of rotatable bonds is 5. The van der Waals surface area contributed by atoms with E-state index in [9.17, 15) is 4.79 Å². The van der Waals surface area contributed by atoms with Crippen molar-refractivity contribution in [1.82, 2.24) is 5.32 Å². The molecule has 0 radical (unpaired) electrons. The van der Waals surface area contributed by atoms with E-state index in [1.54, 1.807) is 13.1 Å². The predicted molar refractivity (Wildman–Crippen MR) is 39.4 cm³/mol. The molecule has 0 fully saturated rings. The first-order valence-electron chi connectivity index (χ1n) is 3.31. The molecule has 0 spiro atoms. The van der Waals surface area contributed by atoms with E-state index in [2.05, 4.69) is 11.9 Å². The van der Waals surface area contributed by atoms with Crippen LogP contribution < -0.4 is 5.32 Å². The lowest BCUT2D eigenvalue weighted by atomic mass is 10.5. The highest BCUT2D eigenvalue weighted by Gasteiger charge is 1.94. The number of carbonyl (C=O) groups excluding carboxylic acids is 1. The average Bonchev–Trinajstić information content (AvgIpc) is 1.98. The molecule has 0 saturated carbocycles. The van der Waals surface area contributed by atoms with Crippen LogP contribution in [0.5, 0.6) is 0 Å². The Kier molecular flexibility index (Phi) is 5.53. The number of hydrogen-bond acceptors (Lipinski definition) is 3. The smallest absolute Gasteiger partial charge is 0.305 e. The Morgan fingerprint density at radius 2 is 2.50 bits per heavy atom. The van der Waals surface area contributed by atoms with Crippen molar-refractivity contribution in [2.24, 2.45) is 0 Å². The molecule has 0 aromatic heterocycles. The number of carbonyl (C=O) groups is 1. The Balaban J connectivity index is 3.03. The molecule has 0 bridgehead atoms. The van der Waals surface area contributed by atoms with Gasteiger partial charge in [-0.3, -0.25) is 4.79 Å². The van der Waals surface area contributed by atoms with Gasteiger partial charge in [0.25, 0.3) is 0 Å². The van der Waals surface area contributed by atoms with E-state index < -0.39 is 0 Å². The summed E-state index contributed by atoms with van der Waals surface area (Å²) in [6.07, 6.45) is 2.01. The van der Waals surface area contributed by atoms with Crippen molar-refractivity contribution in [3.8, 4) is 0 Å². The monoisotopic (exact) mass is 143 g/mol. The van der Waals surface area contributed by atoms with E-state index in [0.717, 1.165) is 0 Å². The molecular formula is C7H13NO2. The summed E-state index contributed by atoms with van der Waals surface area (Å²) in [5.74, 6) is -0.161. The van der Waals surface area contributed by atoms with Gasteiger partial charge in [-0.05, 0) is 6.20 Å². The minimum absolute atomic E-state index is 0.161. The highest BCUT2D eigenvalue weighted by atomic mass is 16.5. The second kappa shape index (κ2) is 6.13. The van der Waals surface area contributed by atoms with Gasteiger partial charge in [0.15, 0.2) is 0 Å². The normalized spacial score (nSPS) is 8.50. The summed E-state index contributed by atoms with van der Waals surface area (Å²) in [6.45, 7) is 6.26. The van der Waals surface area contributed by atoms with Gasteiger partial charge in [-0.25, -0.2) is 0 Å². The molecular weight excluding hydrogens is 130 g/mol. The Hall–Kier alpha value is -0.990. The third kappa shape index (κ3) is 5.15. The van der Waals surface area contributed by atoms with Crippen LogP contribution in [0.15, 0.2) is 12.8 Å². The average molecular weight is 143 g/mol. The van der Waals surface area contributed by atoms with Crippen LogP contribution in [0.3, 0.4) is 0 Å². The van der Waals surface area contributed by atoms with Gasteiger partial charge in [-0.2, -0.15) is 0 Å². The molecule has 1 N–H and O–H groups in total. The summed E-state index contributed by atoms with van der Waals surface area (Å²) in [6, 6.07) is 0. The minimum Gasteiger partial charge on any atom is -0.464 e. The van der Waals surface area contributed by atoms with Crippen molar-refractivity contribution in [2.75, 3.05) is 13.2 Å². The molecule has 0 aromatic carbocycles. The number of esters is 1. The lowest BCUT2D eigenvalue weighted by Gasteiger charge is -2.01. The maximum absolute atomic E-state index is 10.5. The molecule has 58 valence electrons. The SMILES string of the molecule is C=CNCCOC(=O)CC. The first kappa shape index (κ1) is 9.01. The highest BCUT2D eigenvalue weighted by Crippen LogP contribution is 1.81. The van der Waals surface area contributed by atoms with Crippen LogP contribution >= 0.6 is 0 Å². The zero-order valence-corrected chi connectivity index (χ0v) is 6.22. The molecule has 0 aliphatic carbocycles. The van der Waals surface area contributed by atoms with E-state index in [1.807, 2.05) is 0 Å². The van der Waals surface area contributed by atoms with Gasteiger partial charge in [0.1, 0.15) is 6.61 Å². The second-order valence-electron chi connectivity index (χ2n) is 1.73. The van der Waals surface area contributed by atoms with Gasteiger partial charge in [0.2, 0.25) is 0 Å². The van der Waals surface area contributed by atoms with Crippen molar-refractivity contribution in [3.05, 3.63) is 12.8 Å². The van der Waals surface area contributed by atoms with Crippen molar-refractivity contribution in [2.45, 2.75) is 13.3 Å². The van der Waals surface area contributed by atoms with E-state index in [1.165, 1.54) is 0 Å². The van der Waals surface area contributed by atoms with Crippen molar-refractivity contribution in [3.63, 3.8) is 0 Å². The van der Waals surface area contributed by atoms with Gasteiger partial charge < -0.3 is 10.1 Å². The van der Waals surface area contributed by atoms with Gasteiger partial charge in [-0.15, -0.1) is 0 Å². The maximum Gasteiger partial charge on any atom is 0.305 e. The zero-order chi connectivity index (χ0) is 7.82. The van der Waals surface area contributed by atoms with Gasteiger partial charge in [0, 0.05) is 13.0 Å². The van der Waals surface area contributed by atoms with Crippen molar-refractivity contribution < 1.29 is 9.53 Å². The summed E-state index contributed by atoms with van der Waals surface area (Å²) in [5.41, 5.74) is 0. The standard InChI is InChI=1S/C7H13NO2/c1-3-7(9)10-6-5-8-4-2/h4,8H,2-3,5-6H2,1H3.